The van der Waals surface area contributed by atoms with Gasteiger partial charge in [-0.3, -0.25) is 0 Å². The molecule has 1 aliphatic heterocycles. The summed E-state index contributed by atoms with van der Waals surface area (Å²) in [6, 6.07) is 0. The minimum absolute atomic E-state index is 0.207. The predicted molar refractivity (Wildman–Crippen MR) is 83.5 cm³/mol. The van der Waals surface area contributed by atoms with Gasteiger partial charge in [0.25, 0.3) is 0 Å². The van der Waals surface area contributed by atoms with Gasteiger partial charge in [-0.25, -0.2) is 0 Å². The Balaban J connectivity index is 1.96. The second kappa shape index (κ2) is 5.26. The Labute approximate surface area is 120 Å². The summed E-state index contributed by atoms with van der Waals surface area (Å²) in [5, 5.41) is 0. The Morgan fingerprint density at radius 2 is 1.47 bits per heavy atom. The maximum Gasteiger partial charge on any atom is 0.183 e. The Kier molecular flexibility index (Phi) is 4.34. The van der Waals surface area contributed by atoms with Gasteiger partial charge >= 0.3 is 0 Å². The van der Waals surface area contributed by atoms with E-state index in [1.165, 1.54) is 12.8 Å². The summed E-state index contributed by atoms with van der Waals surface area (Å²) < 4.78 is 18.2. The van der Waals surface area contributed by atoms with Gasteiger partial charge in [0.05, 0.1) is 12.2 Å². The molecule has 0 amide bonds. The van der Waals surface area contributed by atoms with Gasteiger partial charge in [0.1, 0.15) is 0 Å². The molecule has 0 aromatic heterocycles. The van der Waals surface area contributed by atoms with E-state index in [9.17, 15) is 0 Å². The maximum atomic E-state index is 6.22. The summed E-state index contributed by atoms with van der Waals surface area (Å²) >= 11 is 0. The highest BCUT2D eigenvalue weighted by atomic mass is 28.4. The molecule has 0 aromatic rings. The van der Waals surface area contributed by atoms with Gasteiger partial charge in [-0.1, -0.05) is 0 Å². The van der Waals surface area contributed by atoms with Crippen molar-refractivity contribution in [2.24, 2.45) is 5.41 Å². The molecule has 1 heterocycles. The van der Waals surface area contributed by atoms with E-state index in [0.717, 1.165) is 19.6 Å². The van der Waals surface area contributed by atoms with E-state index < -0.39 is 16.6 Å². The molecular weight excluding hydrogens is 272 g/mol. The van der Waals surface area contributed by atoms with Crippen molar-refractivity contribution in [2.45, 2.75) is 70.8 Å². The summed E-state index contributed by atoms with van der Waals surface area (Å²) in [6.07, 6.45) is 4.56. The molecule has 2 atom stereocenters. The first-order chi connectivity index (χ1) is 8.59. The maximum absolute atomic E-state index is 6.22. The van der Waals surface area contributed by atoms with Crippen LogP contribution in [0.1, 0.15) is 19.3 Å². The van der Waals surface area contributed by atoms with Gasteiger partial charge in [-0.05, 0) is 58.5 Å². The van der Waals surface area contributed by atoms with Gasteiger partial charge < -0.3 is 13.6 Å². The second-order valence-electron chi connectivity index (χ2n) is 8.26. The number of epoxide rings is 1. The Hall–Kier alpha value is 0.314. The van der Waals surface area contributed by atoms with Gasteiger partial charge in [0, 0.05) is 18.6 Å². The van der Waals surface area contributed by atoms with E-state index in [2.05, 4.69) is 39.3 Å². The summed E-state index contributed by atoms with van der Waals surface area (Å²) in [5.74, 6) is 0. The molecule has 112 valence electrons. The number of fused-ring (bicyclic) bond motifs is 1. The molecule has 0 spiro atoms. The minimum Gasteiger partial charge on any atom is -0.417 e. The SMILES string of the molecule is C[Si](C)(C)OCC1(CO[Si](C)(C)C)CCC2OC2C1. The van der Waals surface area contributed by atoms with E-state index in [-0.39, 0.29) is 5.41 Å². The fraction of sp³-hybridized carbons (Fsp3) is 1.00. The normalized spacial score (nSPS) is 30.0. The molecule has 0 radical (unpaired) electrons. The van der Waals surface area contributed by atoms with Crippen molar-refractivity contribution in [1.82, 2.24) is 0 Å². The molecular formula is C14H30O3Si2. The van der Waals surface area contributed by atoms with Crippen LogP contribution in [0.4, 0.5) is 0 Å². The fourth-order valence-electron chi connectivity index (χ4n) is 2.63. The molecule has 2 rings (SSSR count). The smallest absolute Gasteiger partial charge is 0.183 e. The van der Waals surface area contributed by atoms with Crippen molar-refractivity contribution in [1.29, 1.82) is 0 Å². The van der Waals surface area contributed by atoms with Crippen molar-refractivity contribution in [3.05, 3.63) is 0 Å². The van der Waals surface area contributed by atoms with Gasteiger partial charge in [0.15, 0.2) is 16.6 Å². The molecule has 1 saturated carbocycles. The van der Waals surface area contributed by atoms with E-state index in [1.54, 1.807) is 0 Å². The first-order valence-electron chi connectivity index (χ1n) is 7.52. The molecule has 1 saturated heterocycles. The van der Waals surface area contributed by atoms with Crippen molar-refractivity contribution in [3.63, 3.8) is 0 Å². The van der Waals surface area contributed by atoms with Crippen LogP contribution in [0.15, 0.2) is 0 Å². The Morgan fingerprint density at radius 3 is 1.89 bits per heavy atom. The minimum atomic E-state index is -1.46. The largest absolute Gasteiger partial charge is 0.417 e. The molecule has 0 N–H and O–H groups in total. The van der Waals surface area contributed by atoms with Gasteiger partial charge in [-0.15, -0.1) is 0 Å². The van der Waals surface area contributed by atoms with Crippen LogP contribution in [-0.2, 0) is 13.6 Å². The van der Waals surface area contributed by atoms with E-state index in [4.69, 9.17) is 13.6 Å². The Bertz CT molecular complexity index is 302. The lowest BCUT2D eigenvalue weighted by molar-refractivity contribution is 0.0439. The van der Waals surface area contributed by atoms with Crippen LogP contribution in [0.2, 0.25) is 39.3 Å². The van der Waals surface area contributed by atoms with E-state index in [1.807, 2.05) is 0 Å². The third kappa shape index (κ3) is 4.97. The van der Waals surface area contributed by atoms with Crippen molar-refractivity contribution in [2.75, 3.05) is 13.2 Å². The molecule has 3 nitrogen and oxygen atoms in total. The number of rotatable bonds is 6. The lowest BCUT2D eigenvalue weighted by atomic mass is 9.75. The van der Waals surface area contributed by atoms with Crippen molar-refractivity contribution in [3.8, 4) is 0 Å². The first kappa shape index (κ1) is 15.7. The summed E-state index contributed by atoms with van der Waals surface area (Å²) in [4.78, 5) is 0. The van der Waals surface area contributed by atoms with Crippen LogP contribution in [0.5, 0.6) is 0 Å². The third-order valence-electron chi connectivity index (χ3n) is 3.90. The standard InChI is InChI=1S/C14H30O3Si2/c1-18(2,3)15-10-14(11-16-19(4,5)6)8-7-12-13(9-14)17-12/h12-13H,7-11H2,1-6H3. The average molecular weight is 303 g/mol. The van der Waals surface area contributed by atoms with Crippen LogP contribution < -0.4 is 0 Å². The first-order valence-corrected chi connectivity index (χ1v) is 14.3. The zero-order chi connectivity index (χ0) is 14.3. The number of hydrogen-bond donors (Lipinski definition) is 0. The summed E-state index contributed by atoms with van der Waals surface area (Å²) in [5.41, 5.74) is 0.207. The monoisotopic (exact) mass is 302 g/mol. The average Bonchev–Trinajstić information content (AvgIpc) is 3.00. The highest BCUT2D eigenvalue weighted by molar-refractivity contribution is 6.70. The van der Waals surface area contributed by atoms with Crippen LogP contribution in [0.3, 0.4) is 0 Å². The Morgan fingerprint density at radius 1 is 0.947 bits per heavy atom. The van der Waals surface area contributed by atoms with Gasteiger partial charge in [0.2, 0.25) is 0 Å². The van der Waals surface area contributed by atoms with Crippen molar-refractivity contribution < 1.29 is 13.6 Å². The molecule has 5 heteroatoms. The molecule has 2 aliphatic rings. The van der Waals surface area contributed by atoms with E-state index in [0.29, 0.717) is 12.2 Å². The van der Waals surface area contributed by atoms with Crippen LogP contribution >= 0.6 is 0 Å². The van der Waals surface area contributed by atoms with E-state index >= 15 is 0 Å². The fourth-order valence-corrected chi connectivity index (χ4v) is 4.11. The zero-order valence-corrected chi connectivity index (χ0v) is 15.4. The highest BCUT2D eigenvalue weighted by Crippen LogP contribution is 2.47. The zero-order valence-electron chi connectivity index (χ0n) is 13.4. The number of ether oxygens (including phenoxy) is 1. The molecule has 2 fully saturated rings. The predicted octanol–water partition coefficient (Wildman–Crippen LogP) is 3.63. The highest BCUT2D eigenvalue weighted by Gasteiger charge is 2.51. The van der Waals surface area contributed by atoms with Crippen LogP contribution in [0.25, 0.3) is 0 Å². The van der Waals surface area contributed by atoms with Crippen LogP contribution in [-0.4, -0.2) is 42.1 Å². The van der Waals surface area contributed by atoms with Gasteiger partial charge in [-0.2, -0.15) is 0 Å². The quantitative estimate of drug-likeness (QED) is 0.554. The topological polar surface area (TPSA) is 31.0 Å². The second-order valence-corrected chi connectivity index (χ2v) is 17.3. The lowest BCUT2D eigenvalue weighted by Gasteiger charge is -2.39. The molecule has 0 aromatic carbocycles. The number of hydrogen-bond acceptors (Lipinski definition) is 3. The summed E-state index contributed by atoms with van der Waals surface area (Å²) in [6.45, 7) is 15.3. The summed E-state index contributed by atoms with van der Waals surface area (Å²) in [7, 11) is -2.91. The molecule has 0 bridgehead atoms. The van der Waals surface area contributed by atoms with Crippen molar-refractivity contribution >= 4 is 16.6 Å². The molecule has 2 unspecified atom stereocenters. The molecule has 19 heavy (non-hydrogen) atoms. The molecule has 1 aliphatic carbocycles. The van der Waals surface area contributed by atoms with Crippen LogP contribution in [0, 0.1) is 5.41 Å². The third-order valence-corrected chi connectivity index (χ3v) is 5.92. The lowest BCUT2D eigenvalue weighted by Crippen LogP contribution is -2.43.